The van der Waals surface area contributed by atoms with Gasteiger partial charge in [0.2, 0.25) is 5.82 Å². The second kappa shape index (κ2) is 6.91. The first kappa shape index (κ1) is 16.8. The van der Waals surface area contributed by atoms with Crippen molar-refractivity contribution in [3.8, 4) is 11.4 Å². The van der Waals surface area contributed by atoms with Gasteiger partial charge in [-0.25, -0.2) is 4.98 Å². The predicted molar refractivity (Wildman–Crippen MR) is 102 cm³/mol. The standard InChI is InChI=1S/C19H19N7O/c1-12-2-7-15(27-12)10-13-3-5-14(6-4-13)11-26-24-19(23-25-26)16-8-9-17(20)22-18(16)21/h2-9H,10-11H2,1H3,(H4,20,21,22). The summed E-state index contributed by atoms with van der Waals surface area (Å²) in [6.45, 7) is 2.45. The minimum atomic E-state index is 0.284. The van der Waals surface area contributed by atoms with Crippen molar-refractivity contribution in [3.63, 3.8) is 0 Å². The Morgan fingerprint density at radius 2 is 1.74 bits per heavy atom. The third-order valence-electron chi connectivity index (χ3n) is 4.16. The first-order valence-corrected chi connectivity index (χ1v) is 8.50. The van der Waals surface area contributed by atoms with Crippen molar-refractivity contribution in [1.82, 2.24) is 25.2 Å². The fourth-order valence-corrected chi connectivity index (χ4v) is 2.80. The number of benzene rings is 1. The second-order valence-electron chi connectivity index (χ2n) is 6.32. The number of pyridine rings is 1. The Bertz CT molecular complexity index is 1070. The molecule has 0 radical (unpaired) electrons. The van der Waals surface area contributed by atoms with Gasteiger partial charge in [-0.2, -0.15) is 4.80 Å². The smallest absolute Gasteiger partial charge is 0.208 e. The fourth-order valence-electron chi connectivity index (χ4n) is 2.80. The van der Waals surface area contributed by atoms with Gasteiger partial charge in [-0.15, -0.1) is 10.2 Å². The van der Waals surface area contributed by atoms with Gasteiger partial charge in [0.05, 0.1) is 12.1 Å². The van der Waals surface area contributed by atoms with Crippen LogP contribution in [0.4, 0.5) is 11.6 Å². The maximum atomic E-state index is 5.88. The van der Waals surface area contributed by atoms with Crippen molar-refractivity contribution in [3.05, 3.63) is 71.2 Å². The third kappa shape index (κ3) is 3.79. The van der Waals surface area contributed by atoms with Crippen LogP contribution in [0.2, 0.25) is 0 Å². The van der Waals surface area contributed by atoms with E-state index in [1.54, 1.807) is 12.1 Å². The van der Waals surface area contributed by atoms with Gasteiger partial charge in [-0.3, -0.25) is 0 Å². The van der Waals surface area contributed by atoms with Crippen LogP contribution in [0.25, 0.3) is 11.4 Å². The van der Waals surface area contributed by atoms with E-state index in [1.165, 1.54) is 10.4 Å². The maximum absolute atomic E-state index is 5.88. The number of anilines is 2. The molecule has 0 spiro atoms. The molecule has 0 aliphatic rings. The lowest BCUT2D eigenvalue weighted by Gasteiger charge is -2.03. The quantitative estimate of drug-likeness (QED) is 0.560. The summed E-state index contributed by atoms with van der Waals surface area (Å²) in [5, 5.41) is 12.5. The lowest BCUT2D eigenvalue weighted by Crippen LogP contribution is -2.04. The molecule has 3 aromatic heterocycles. The van der Waals surface area contributed by atoms with Crippen LogP contribution >= 0.6 is 0 Å². The normalized spacial score (nSPS) is 11.0. The van der Waals surface area contributed by atoms with E-state index >= 15 is 0 Å². The van der Waals surface area contributed by atoms with E-state index < -0.39 is 0 Å². The lowest BCUT2D eigenvalue weighted by atomic mass is 10.1. The van der Waals surface area contributed by atoms with Gasteiger partial charge in [-0.05, 0) is 47.5 Å². The molecule has 0 bridgehead atoms. The second-order valence-corrected chi connectivity index (χ2v) is 6.32. The van der Waals surface area contributed by atoms with Crippen LogP contribution in [-0.4, -0.2) is 25.2 Å². The molecule has 136 valence electrons. The molecule has 3 heterocycles. The molecule has 0 fully saturated rings. The zero-order valence-electron chi connectivity index (χ0n) is 14.8. The van der Waals surface area contributed by atoms with Crippen molar-refractivity contribution < 1.29 is 4.42 Å². The molecule has 0 unspecified atom stereocenters. The molecule has 0 saturated carbocycles. The van der Waals surface area contributed by atoms with Gasteiger partial charge in [-0.1, -0.05) is 24.3 Å². The number of tetrazole rings is 1. The average Bonchev–Trinajstić information content (AvgIpc) is 3.26. The number of aryl methyl sites for hydroxylation is 1. The largest absolute Gasteiger partial charge is 0.466 e. The van der Waals surface area contributed by atoms with E-state index in [-0.39, 0.29) is 5.82 Å². The summed E-state index contributed by atoms with van der Waals surface area (Å²) >= 11 is 0. The van der Waals surface area contributed by atoms with Crippen LogP contribution in [-0.2, 0) is 13.0 Å². The Kier molecular flexibility index (Phi) is 4.29. The minimum Gasteiger partial charge on any atom is -0.466 e. The monoisotopic (exact) mass is 361 g/mol. The lowest BCUT2D eigenvalue weighted by molar-refractivity contribution is 0.493. The van der Waals surface area contributed by atoms with Crippen molar-refractivity contribution in [2.24, 2.45) is 0 Å². The van der Waals surface area contributed by atoms with Gasteiger partial charge in [0.15, 0.2) is 0 Å². The molecule has 0 amide bonds. The summed E-state index contributed by atoms with van der Waals surface area (Å²) in [4.78, 5) is 5.54. The van der Waals surface area contributed by atoms with E-state index in [9.17, 15) is 0 Å². The Labute approximate surface area is 155 Å². The molecule has 0 aliphatic heterocycles. The van der Waals surface area contributed by atoms with Crippen LogP contribution in [0.3, 0.4) is 0 Å². The van der Waals surface area contributed by atoms with Crippen LogP contribution in [0.1, 0.15) is 22.6 Å². The summed E-state index contributed by atoms with van der Waals surface area (Å²) < 4.78 is 5.62. The highest BCUT2D eigenvalue weighted by atomic mass is 16.3. The molecule has 8 nitrogen and oxygen atoms in total. The number of furan rings is 1. The Morgan fingerprint density at radius 1 is 0.963 bits per heavy atom. The van der Waals surface area contributed by atoms with Gasteiger partial charge in [0, 0.05) is 6.42 Å². The molecule has 27 heavy (non-hydrogen) atoms. The van der Waals surface area contributed by atoms with Crippen LogP contribution in [0.15, 0.2) is 52.9 Å². The zero-order valence-corrected chi connectivity index (χ0v) is 14.8. The van der Waals surface area contributed by atoms with E-state index in [2.05, 4.69) is 32.5 Å². The summed E-state index contributed by atoms with van der Waals surface area (Å²) in [6.07, 6.45) is 0.767. The molecule has 8 heteroatoms. The van der Waals surface area contributed by atoms with Crippen LogP contribution in [0.5, 0.6) is 0 Å². The van der Waals surface area contributed by atoms with E-state index in [4.69, 9.17) is 15.9 Å². The topological polar surface area (TPSA) is 122 Å². The SMILES string of the molecule is Cc1ccc(Cc2ccc(Cn3nnc(-c4ccc(N)nc4N)n3)cc2)o1. The number of hydrogen-bond donors (Lipinski definition) is 2. The number of aromatic nitrogens is 5. The summed E-state index contributed by atoms with van der Waals surface area (Å²) in [5.74, 6) is 2.94. The molecular formula is C19H19N7O. The highest BCUT2D eigenvalue weighted by Gasteiger charge is 2.11. The van der Waals surface area contributed by atoms with Crippen molar-refractivity contribution in [1.29, 1.82) is 0 Å². The molecular weight excluding hydrogens is 342 g/mol. The highest BCUT2D eigenvalue weighted by Crippen LogP contribution is 2.21. The molecule has 4 aromatic rings. The number of nitrogens with zero attached hydrogens (tertiary/aromatic N) is 5. The molecule has 4 N–H and O–H groups in total. The zero-order chi connectivity index (χ0) is 18.8. The summed E-state index contributed by atoms with van der Waals surface area (Å²) in [6, 6.07) is 15.6. The minimum absolute atomic E-state index is 0.284. The van der Waals surface area contributed by atoms with Crippen molar-refractivity contribution in [2.75, 3.05) is 11.5 Å². The molecule has 0 aliphatic carbocycles. The number of rotatable bonds is 5. The van der Waals surface area contributed by atoms with Gasteiger partial charge >= 0.3 is 0 Å². The highest BCUT2D eigenvalue weighted by molar-refractivity contribution is 5.69. The molecule has 1 aromatic carbocycles. The van der Waals surface area contributed by atoms with Gasteiger partial charge < -0.3 is 15.9 Å². The number of nitrogens with two attached hydrogens (primary N) is 2. The number of hydrogen-bond acceptors (Lipinski definition) is 7. The molecule has 0 saturated heterocycles. The van der Waals surface area contributed by atoms with Gasteiger partial charge in [0.1, 0.15) is 23.2 Å². The van der Waals surface area contributed by atoms with E-state index in [1.807, 2.05) is 31.2 Å². The maximum Gasteiger partial charge on any atom is 0.208 e. The van der Waals surface area contributed by atoms with E-state index in [0.717, 1.165) is 23.5 Å². The third-order valence-corrected chi connectivity index (χ3v) is 4.16. The Hall–Kier alpha value is -3.68. The van der Waals surface area contributed by atoms with Gasteiger partial charge in [0.25, 0.3) is 0 Å². The number of nitrogen functional groups attached to an aromatic ring is 2. The molecule has 0 atom stereocenters. The Balaban J connectivity index is 1.46. The first-order chi connectivity index (χ1) is 13.1. The predicted octanol–water partition coefficient (Wildman–Crippen LogP) is 2.44. The summed E-state index contributed by atoms with van der Waals surface area (Å²) in [5.41, 5.74) is 14.4. The van der Waals surface area contributed by atoms with Crippen molar-refractivity contribution in [2.45, 2.75) is 19.9 Å². The summed E-state index contributed by atoms with van der Waals surface area (Å²) in [7, 11) is 0. The van der Waals surface area contributed by atoms with Crippen LogP contribution < -0.4 is 11.5 Å². The molecule has 4 rings (SSSR count). The van der Waals surface area contributed by atoms with Crippen LogP contribution in [0, 0.1) is 6.92 Å². The van der Waals surface area contributed by atoms with Crippen molar-refractivity contribution >= 4 is 11.6 Å². The average molecular weight is 361 g/mol. The van der Waals surface area contributed by atoms with E-state index in [0.29, 0.717) is 23.8 Å². The fraction of sp³-hybridized carbons (Fsp3) is 0.158. The Morgan fingerprint density at radius 3 is 2.44 bits per heavy atom. The first-order valence-electron chi connectivity index (χ1n) is 8.50.